The molecule has 28 heavy (non-hydrogen) atoms. The lowest BCUT2D eigenvalue weighted by molar-refractivity contribution is 0.273. The van der Waals surface area contributed by atoms with Crippen molar-refractivity contribution in [3.8, 4) is 11.4 Å². The van der Waals surface area contributed by atoms with Crippen molar-refractivity contribution in [1.82, 2.24) is 24.3 Å². The molecule has 0 fully saturated rings. The number of aromatic nitrogens is 5. The van der Waals surface area contributed by atoms with Gasteiger partial charge in [0.15, 0.2) is 5.82 Å². The molecule has 8 nitrogen and oxygen atoms in total. The van der Waals surface area contributed by atoms with Gasteiger partial charge in [-0.25, -0.2) is 9.37 Å². The average molecular weight is 379 g/mol. The SMILES string of the molecule is Cc1ncc2ccc(-c3nc(N)nc(N[C@H](CO)c4ccccc4F)n3)cn12. The quantitative estimate of drug-likeness (QED) is 0.488. The number of anilines is 2. The molecule has 3 heterocycles. The van der Waals surface area contributed by atoms with Crippen LogP contribution in [0.2, 0.25) is 0 Å². The summed E-state index contributed by atoms with van der Waals surface area (Å²) in [6.07, 6.45) is 3.63. The van der Waals surface area contributed by atoms with Crippen molar-refractivity contribution in [3.05, 3.63) is 66.0 Å². The summed E-state index contributed by atoms with van der Waals surface area (Å²) in [6, 6.07) is 9.22. The Hall–Kier alpha value is -3.59. The minimum atomic E-state index is -0.728. The van der Waals surface area contributed by atoms with E-state index in [4.69, 9.17) is 5.73 Å². The van der Waals surface area contributed by atoms with Crippen molar-refractivity contribution in [2.24, 2.45) is 0 Å². The summed E-state index contributed by atoms with van der Waals surface area (Å²) >= 11 is 0. The zero-order valence-electron chi connectivity index (χ0n) is 15.0. The molecule has 0 bridgehead atoms. The highest BCUT2D eigenvalue weighted by Gasteiger charge is 2.17. The Morgan fingerprint density at radius 1 is 1.18 bits per heavy atom. The van der Waals surface area contributed by atoms with Crippen LogP contribution in [-0.2, 0) is 0 Å². The Morgan fingerprint density at radius 3 is 2.79 bits per heavy atom. The third-order valence-corrected chi connectivity index (χ3v) is 4.39. The van der Waals surface area contributed by atoms with Crippen molar-refractivity contribution in [1.29, 1.82) is 0 Å². The van der Waals surface area contributed by atoms with Crippen LogP contribution in [0.5, 0.6) is 0 Å². The number of rotatable bonds is 5. The first-order valence-corrected chi connectivity index (χ1v) is 8.62. The molecule has 0 spiro atoms. The number of imidazole rings is 1. The van der Waals surface area contributed by atoms with Crippen LogP contribution < -0.4 is 11.1 Å². The van der Waals surface area contributed by atoms with Gasteiger partial charge in [-0.3, -0.25) is 0 Å². The first kappa shape index (κ1) is 17.8. The second-order valence-corrected chi connectivity index (χ2v) is 6.26. The van der Waals surface area contributed by atoms with E-state index < -0.39 is 11.9 Å². The number of nitrogens with two attached hydrogens (primary N) is 1. The maximum Gasteiger partial charge on any atom is 0.228 e. The van der Waals surface area contributed by atoms with Crippen LogP contribution in [0.15, 0.2) is 48.8 Å². The topological polar surface area (TPSA) is 114 Å². The van der Waals surface area contributed by atoms with Gasteiger partial charge in [-0.15, -0.1) is 0 Å². The third kappa shape index (κ3) is 3.35. The molecule has 142 valence electrons. The molecule has 4 aromatic rings. The summed E-state index contributed by atoms with van der Waals surface area (Å²) in [5.74, 6) is 0.914. The Kier molecular flexibility index (Phi) is 4.58. The number of nitrogens with zero attached hydrogens (tertiary/aromatic N) is 5. The fraction of sp³-hybridized carbons (Fsp3) is 0.158. The number of nitrogens with one attached hydrogen (secondary N) is 1. The average Bonchev–Trinajstić information content (AvgIpc) is 3.07. The Labute approximate surface area is 159 Å². The van der Waals surface area contributed by atoms with Crippen molar-refractivity contribution >= 4 is 17.4 Å². The molecule has 0 aliphatic rings. The minimum Gasteiger partial charge on any atom is -0.394 e. The lowest BCUT2D eigenvalue weighted by atomic mass is 10.1. The van der Waals surface area contributed by atoms with Gasteiger partial charge in [0.05, 0.1) is 24.4 Å². The van der Waals surface area contributed by atoms with Gasteiger partial charge >= 0.3 is 0 Å². The number of pyridine rings is 1. The van der Waals surface area contributed by atoms with E-state index in [-0.39, 0.29) is 18.5 Å². The number of aryl methyl sites for hydroxylation is 1. The molecule has 9 heteroatoms. The lowest BCUT2D eigenvalue weighted by Gasteiger charge is -2.17. The molecule has 0 aliphatic heterocycles. The molecule has 1 atom stereocenters. The van der Waals surface area contributed by atoms with Gasteiger partial charge in [-0.05, 0) is 25.1 Å². The number of hydrogen-bond acceptors (Lipinski definition) is 7. The predicted octanol–water partition coefficient (Wildman–Crippen LogP) is 2.36. The zero-order chi connectivity index (χ0) is 19.7. The Morgan fingerprint density at radius 2 is 2.00 bits per heavy atom. The van der Waals surface area contributed by atoms with E-state index in [2.05, 4.69) is 25.3 Å². The van der Waals surface area contributed by atoms with Gasteiger partial charge in [0.25, 0.3) is 0 Å². The molecule has 0 unspecified atom stereocenters. The van der Waals surface area contributed by atoms with Crippen LogP contribution in [0, 0.1) is 12.7 Å². The van der Waals surface area contributed by atoms with E-state index in [0.29, 0.717) is 11.4 Å². The molecule has 0 amide bonds. The monoisotopic (exact) mass is 379 g/mol. The Bertz CT molecular complexity index is 1140. The maximum absolute atomic E-state index is 14.1. The van der Waals surface area contributed by atoms with Gasteiger partial charge < -0.3 is 20.6 Å². The van der Waals surface area contributed by atoms with Crippen LogP contribution in [0.25, 0.3) is 16.9 Å². The molecule has 3 aromatic heterocycles. The second-order valence-electron chi connectivity index (χ2n) is 6.26. The van der Waals surface area contributed by atoms with Gasteiger partial charge in [0.1, 0.15) is 11.6 Å². The highest BCUT2D eigenvalue weighted by molar-refractivity contribution is 5.61. The van der Waals surface area contributed by atoms with Crippen LogP contribution in [0.4, 0.5) is 16.3 Å². The van der Waals surface area contributed by atoms with Crippen LogP contribution >= 0.6 is 0 Å². The van der Waals surface area contributed by atoms with E-state index in [1.165, 1.54) is 6.07 Å². The lowest BCUT2D eigenvalue weighted by Crippen LogP contribution is -2.19. The molecular formula is C19H18FN7O. The number of benzene rings is 1. The third-order valence-electron chi connectivity index (χ3n) is 4.39. The van der Waals surface area contributed by atoms with E-state index in [1.807, 2.05) is 29.7 Å². The number of aliphatic hydroxyl groups is 1. The molecule has 4 rings (SSSR count). The van der Waals surface area contributed by atoms with Gasteiger partial charge in [-0.1, -0.05) is 18.2 Å². The van der Waals surface area contributed by atoms with Crippen LogP contribution in [0.3, 0.4) is 0 Å². The first-order chi connectivity index (χ1) is 13.5. The van der Waals surface area contributed by atoms with Gasteiger partial charge in [-0.2, -0.15) is 15.0 Å². The Balaban J connectivity index is 1.70. The normalized spacial score (nSPS) is 12.2. The molecular weight excluding hydrogens is 361 g/mol. The smallest absolute Gasteiger partial charge is 0.228 e. The van der Waals surface area contributed by atoms with Crippen molar-refractivity contribution in [3.63, 3.8) is 0 Å². The molecule has 0 radical (unpaired) electrons. The maximum atomic E-state index is 14.1. The molecule has 0 saturated carbocycles. The number of fused-ring (bicyclic) bond motifs is 1. The number of nitrogen functional groups attached to an aromatic ring is 1. The van der Waals surface area contributed by atoms with Crippen LogP contribution in [0.1, 0.15) is 17.4 Å². The largest absolute Gasteiger partial charge is 0.394 e. The molecule has 0 aliphatic carbocycles. The summed E-state index contributed by atoms with van der Waals surface area (Å²) < 4.78 is 16.0. The fourth-order valence-electron chi connectivity index (χ4n) is 2.97. The zero-order valence-corrected chi connectivity index (χ0v) is 15.0. The number of hydrogen-bond donors (Lipinski definition) is 3. The van der Waals surface area contributed by atoms with E-state index in [1.54, 1.807) is 24.4 Å². The molecule has 4 N–H and O–H groups in total. The summed E-state index contributed by atoms with van der Waals surface area (Å²) in [5.41, 5.74) is 7.82. The summed E-state index contributed by atoms with van der Waals surface area (Å²) in [7, 11) is 0. The van der Waals surface area contributed by atoms with Crippen LogP contribution in [-0.4, -0.2) is 36.1 Å². The number of aliphatic hydroxyl groups excluding tert-OH is 1. The second kappa shape index (κ2) is 7.20. The molecule has 1 aromatic carbocycles. The number of halogens is 1. The highest BCUT2D eigenvalue weighted by atomic mass is 19.1. The summed E-state index contributed by atoms with van der Waals surface area (Å²) in [6.45, 7) is 1.55. The highest BCUT2D eigenvalue weighted by Crippen LogP contribution is 2.23. The minimum absolute atomic E-state index is 0.0140. The fourth-order valence-corrected chi connectivity index (χ4v) is 2.97. The van der Waals surface area contributed by atoms with E-state index in [9.17, 15) is 9.50 Å². The predicted molar refractivity (Wildman–Crippen MR) is 103 cm³/mol. The van der Waals surface area contributed by atoms with Gasteiger partial charge in [0, 0.05) is 17.3 Å². The standard InChI is InChI=1S/C19H18FN7O/c1-11-22-8-13-7-6-12(9-27(11)13)17-24-18(21)26-19(25-17)23-16(10-28)14-4-2-3-5-15(14)20/h2-9,16,28H,10H2,1H3,(H3,21,23,24,25,26)/t16-/m1/s1. The first-order valence-electron chi connectivity index (χ1n) is 8.62. The van der Waals surface area contributed by atoms with Gasteiger partial charge in [0.2, 0.25) is 11.9 Å². The van der Waals surface area contributed by atoms with E-state index >= 15 is 0 Å². The van der Waals surface area contributed by atoms with E-state index in [0.717, 1.165) is 16.9 Å². The molecule has 0 saturated heterocycles. The van der Waals surface area contributed by atoms with Crippen molar-refractivity contribution in [2.75, 3.05) is 17.7 Å². The summed E-state index contributed by atoms with van der Waals surface area (Å²) in [4.78, 5) is 16.9. The summed E-state index contributed by atoms with van der Waals surface area (Å²) in [5, 5.41) is 12.6. The van der Waals surface area contributed by atoms with Crippen molar-refractivity contribution in [2.45, 2.75) is 13.0 Å². The van der Waals surface area contributed by atoms with Crippen molar-refractivity contribution < 1.29 is 9.50 Å².